The molecule has 0 aromatic heterocycles. The van der Waals surface area contributed by atoms with Gasteiger partial charge in [0.2, 0.25) is 5.91 Å². The second-order valence-corrected chi connectivity index (χ2v) is 8.29. The van der Waals surface area contributed by atoms with Crippen LogP contribution in [-0.2, 0) is 20.7 Å². The number of amides is 4. The highest BCUT2D eigenvalue weighted by atomic mass is 16.5. The zero-order valence-corrected chi connectivity index (χ0v) is 16.9. The van der Waals surface area contributed by atoms with E-state index >= 15 is 0 Å². The lowest BCUT2D eigenvalue weighted by atomic mass is 9.94. The SMILES string of the molecule is CN(C[C@@H]1OCCc2ccccc21)C(=O)C[C@H]1NC(=O)N(C2CCCCC2)C1=O. The highest BCUT2D eigenvalue weighted by molar-refractivity contribution is 6.06. The van der Waals surface area contributed by atoms with Gasteiger partial charge in [0, 0.05) is 13.1 Å². The smallest absolute Gasteiger partial charge is 0.325 e. The molecule has 0 bridgehead atoms. The summed E-state index contributed by atoms with van der Waals surface area (Å²) in [7, 11) is 1.73. The summed E-state index contributed by atoms with van der Waals surface area (Å²) in [6.45, 7) is 1.06. The van der Waals surface area contributed by atoms with Crippen molar-refractivity contribution >= 4 is 17.8 Å². The molecule has 1 saturated carbocycles. The molecule has 2 atom stereocenters. The minimum absolute atomic E-state index is 0.0152. The normalized spacial score (nSPS) is 24.9. The van der Waals surface area contributed by atoms with Crippen LogP contribution in [-0.4, -0.2) is 59.9 Å². The van der Waals surface area contributed by atoms with E-state index in [2.05, 4.69) is 11.4 Å². The summed E-state index contributed by atoms with van der Waals surface area (Å²) < 4.78 is 5.89. The van der Waals surface area contributed by atoms with Crippen LogP contribution in [0.2, 0.25) is 0 Å². The average molecular weight is 399 g/mol. The van der Waals surface area contributed by atoms with Gasteiger partial charge < -0.3 is 15.0 Å². The Kier molecular flexibility index (Phi) is 5.85. The van der Waals surface area contributed by atoms with Crippen molar-refractivity contribution < 1.29 is 19.1 Å². The maximum atomic E-state index is 12.8. The van der Waals surface area contributed by atoms with Gasteiger partial charge in [-0.15, -0.1) is 0 Å². The van der Waals surface area contributed by atoms with Crippen molar-refractivity contribution in [1.29, 1.82) is 0 Å². The maximum absolute atomic E-state index is 12.8. The summed E-state index contributed by atoms with van der Waals surface area (Å²) in [5.74, 6) is -0.427. The molecule has 3 aliphatic rings. The van der Waals surface area contributed by atoms with E-state index in [0.717, 1.165) is 44.1 Å². The van der Waals surface area contributed by atoms with E-state index in [1.807, 2.05) is 18.2 Å². The summed E-state index contributed by atoms with van der Waals surface area (Å²) >= 11 is 0. The number of likely N-dealkylation sites (N-methyl/N-ethyl adjacent to an activating group) is 1. The van der Waals surface area contributed by atoms with Gasteiger partial charge in [-0.2, -0.15) is 0 Å². The number of carbonyl (C=O) groups excluding carboxylic acids is 3. The van der Waals surface area contributed by atoms with Crippen LogP contribution in [0.5, 0.6) is 0 Å². The third-order valence-corrected chi connectivity index (χ3v) is 6.33. The molecule has 1 saturated heterocycles. The minimum Gasteiger partial charge on any atom is -0.371 e. The Morgan fingerprint density at radius 3 is 2.76 bits per heavy atom. The first-order valence-corrected chi connectivity index (χ1v) is 10.6. The third kappa shape index (κ3) is 4.15. The van der Waals surface area contributed by atoms with E-state index in [1.54, 1.807) is 11.9 Å². The molecule has 1 aromatic rings. The molecular formula is C22H29N3O4. The van der Waals surface area contributed by atoms with Crippen molar-refractivity contribution in [1.82, 2.24) is 15.1 Å². The quantitative estimate of drug-likeness (QED) is 0.771. The number of nitrogens with one attached hydrogen (secondary N) is 1. The summed E-state index contributed by atoms with van der Waals surface area (Å²) in [4.78, 5) is 40.9. The molecule has 2 fully saturated rings. The second kappa shape index (κ2) is 8.53. The van der Waals surface area contributed by atoms with Gasteiger partial charge in [-0.1, -0.05) is 43.5 Å². The first kappa shape index (κ1) is 19.9. The van der Waals surface area contributed by atoms with Gasteiger partial charge in [0.1, 0.15) is 12.1 Å². The minimum atomic E-state index is -0.765. The average Bonchev–Trinajstić information content (AvgIpc) is 3.01. The lowest BCUT2D eigenvalue weighted by Crippen LogP contribution is -2.42. The number of benzene rings is 1. The number of rotatable bonds is 5. The van der Waals surface area contributed by atoms with E-state index in [4.69, 9.17) is 4.74 Å². The standard InChI is InChI=1S/C22H29N3O4/c1-24(14-19-17-10-6-5-7-15(17)11-12-29-19)20(26)13-18-21(27)25(22(28)23-18)16-8-3-2-4-9-16/h5-7,10,16,18-19H,2-4,8-9,11-14H2,1H3,(H,23,28)/t18-,19+/m1/s1. The zero-order valence-electron chi connectivity index (χ0n) is 16.9. The Bertz CT molecular complexity index is 790. The first-order chi connectivity index (χ1) is 14.0. The predicted molar refractivity (Wildman–Crippen MR) is 107 cm³/mol. The topological polar surface area (TPSA) is 79.0 Å². The fourth-order valence-corrected chi connectivity index (χ4v) is 4.68. The van der Waals surface area contributed by atoms with Crippen LogP contribution >= 0.6 is 0 Å². The van der Waals surface area contributed by atoms with Crippen LogP contribution in [0, 0.1) is 0 Å². The summed E-state index contributed by atoms with van der Waals surface area (Å²) in [5, 5.41) is 2.71. The van der Waals surface area contributed by atoms with E-state index < -0.39 is 6.04 Å². The molecule has 1 aromatic carbocycles. The van der Waals surface area contributed by atoms with Crippen LogP contribution in [0.25, 0.3) is 0 Å². The number of hydrogen-bond acceptors (Lipinski definition) is 4. The molecule has 0 spiro atoms. The van der Waals surface area contributed by atoms with E-state index in [1.165, 1.54) is 10.5 Å². The first-order valence-electron chi connectivity index (χ1n) is 10.6. The fourth-order valence-electron chi connectivity index (χ4n) is 4.68. The zero-order chi connectivity index (χ0) is 20.4. The fraction of sp³-hybridized carbons (Fsp3) is 0.591. The van der Waals surface area contributed by atoms with Crippen molar-refractivity contribution in [3.05, 3.63) is 35.4 Å². The molecule has 1 aliphatic carbocycles. The highest BCUT2D eigenvalue weighted by Gasteiger charge is 2.43. The molecular weight excluding hydrogens is 370 g/mol. The van der Waals surface area contributed by atoms with Crippen LogP contribution in [0.4, 0.5) is 4.79 Å². The number of urea groups is 1. The Morgan fingerprint density at radius 2 is 1.97 bits per heavy atom. The van der Waals surface area contributed by atoms with Crippen molar-refractivity contribution in [3.63, 3.8) is 0 Å². The summed E-state index contributed by atoms with van der Waals surface area (Å²) in [6, 6.07) is 6.99. The molecule has 7 nitrogen and oxygen atoms in total. The molecule has 2 heterocycles. The van der Waals surface area contributed by atoms with Crippen LogP contribution in [0.15, 0.2) is 24.3 Å². The van der Waals surface area contributed by atoms with Gasteiger partial charge in [0.05, 0.1) is 19.6 Å². The molecule has 0 unspecified atom stereocenters. The van der Waals surface area contributed by atoms with Crippen molar-refractivity contribution in [2.75, 3.05) is 20.2 Å². The number of ether oxygens (including phenoxy) is 1. The Labute approximate surface area is 171 Å². The van der Waals surface area contributed by atoms with Crippen molar-refractivity contribution in [3.8, 4) is 0 Å². The van der Waals surface area contributed by atoms with Gasteiger partial charge in [0.15, 0.2) is 0 Å². The van der Waals surface area contributed by atoms with Gasteiger partial charge >= 0.3 is 6.03 Å². The lowest BCUT2D eigenvalue weighted by molar-refractivity contribution is -0.137. The molecule has 29 heavy (non-hydrogen) atoms. The van der Waals surface area contributed by atoms with Crippen LogP contribution in [0.3, 0.4) is 0 Å². The molecule has 0 radical (unpaired) electrons. The number of carbonyl (C=O) groups is 3. The van der Waals surface area contributed by atoms with Gasteiger partial charge in [0.25, 0.3) is 5.91 Å². The van der Waals surface area contributed by atoms with Crippen LogP contribution < -0.4 is 5.32 Å². The summed E-state index contributed by atoms with van der Waals surface area (Å²) in [5.41, 5.74) is 2.37. The van der Waals surface area contributed by atoms with Crippen molar-refractivity contribution in [2.45, 2.75) is 63.1 Å². The van der Waals surface area contributed by atoms with E-state index in [0.29, 0.717) is 13.2 Å². The van der Waals surface area contributed by atoms with E-state index in [9.17, 15) is 14.4 Å². The number of hydrogen-bond donors (Lipinski definition) is 1. The molecule has 4 rings (SSSR count). The molecule has 7 heteroatoms. The van der Waals surface area contributed by atoms with Gasteiger partial charge in [-0.3, -0.25) is 14.5 Å². The molecule has 156 valence electrons. The number of imide groups is 1. The largest absolute Gasteiger partial charge is 0.371 e. The molecule has 1 N–H and O–H groups in total. The maximum Gasteiger partial charge on any atom is 0.325 e. The molecule has 2 aliphatic heterocycles. The Morgan fingerprint density at radius 1 is 1.21 bits per heavy atom. The van der Waals surface area contributed by atoms with Gasteiger partial charge in [-0.05, 0) is 30.4 Å². The van der Waals surface area contributed by atoms with E-state index in [-0.39, 0.29) is 36.4 Å². The predicted octanol–water partition coefficient (Wildman–Crippen LogP) is 2.40. The van der Waals surface area contributed by atoms with Gasteiger partial charge in [-0.25, -0.2) is 4.79 Å². The monoisotopic (exact) mass is 399 g/mol. The second-order valence-electron chi connectivity index (χ2n) is 8.29. The Hall–Kier alpha value is -2.41. The third-order valence-electron chi connectivity index (χ3n) is 6.33. The number of fused-ring (bicyclic) bond motifs is 1. The lowest BCUT2D eigenvalue weighted by Gasteiger charge is -2.30. The highest BCUT2D eigenvalue weighted by Crippen LogP contribution is 2.28. The number of nitrogens with zero attached hydrogens (tertiary/aromatic N) is 2. The Balaban J connectivity index is 1.36. The van der Waals surface area contributed by atoms with Crippen molar-refractivity contribution in [2.24, 2.45) is 0 Å². The summed E-state index contributed by atoms with van der Waals surface area (Å²) in [6.07, 6.45) is 5.65. The van der Waals surface area contributed by atoms with Crippen LogP contribution in [0.1, 0.15) is 55.8 Å². The molecule has 4 amide bonds.